The highest BCUT2D eigenvalue weighted by Gasteiger charge is 2.33. The Labute approximate surface area is 205 Å². The first-order valence-electron chi connectivity index (χ1n) is 11.3. The fourth-order valence-electron chi connectivity index (χ4n) is 4.07. The van der Waals surface area contributed by atoms with Gasteiger partial charge in [0.25, 0.3) is 17.6 Å². The van der Waals surface area contributed by atoms with Gasteiger partial charge in [-0.05, 0) is 44.5 Å². The maximum atomic E-state index is 13.0. The number of Topliss-reactive ketones (excluding diaryl/α,β-unsaturated/α-hetero) is 1. The van der Waals surface area contributed by atoms with Gasteiger partial charge in [-0.2, -0.15) is 13.2 Å². The number of amides is 2. The molecule has 9 nitrogen and oxygen atoms in total. The Morgan fingerprint density at radius 2 is 1.75 bits per heavy atom. The van der Waals surface area contributed by atoms with Crippen LogP contribution in [0.1, 0.15) is 44.6 Å². The predicted molar refractivity (Wildman–Crippen MR) is 124 cm³/mol. The molecule has 0 bridgehead atoms. The molecular weight excluding hydrogens is 481 g/mol. The van der Waals surface area contributed by atoms with E-state index in [0.29, 0.717) is 11.4 Å². The minimum atomic E-state index is -4.46. The lowest BCUT2D eigenvalue weighted by Gasteiger charge is -2.36. The van der Waals surface area contributed by atoms with Gasteiger partial charge in [0, 0.05) is 37.6 Å². The molecule has 1 aliphatic rings. The van der Waals surface area contributed by atoms with Crippen LogP contribution in [0.3, 0.4) is 0 Å². The number of benzene rings is 1. The van der Waals surface area contributed by atoms with Gasteiger partial charge in [0.15, 0.2) is 0 Å². The number of nitrogens with zero attached hydrogens (tertiary/aromatic N) is 2. The largest absolute Gasteiger partial charge is 0.465 e. The number of hydrogen-bond donors (Lipinski definition) is 2. The van der Waals surface area contributed by atoms with Crippen molar-refractivity contribution in [1.29, 1.82) is 0 Å². The Balaban J connectivity index is 1.66. The molecule has 2 amide bonds. The molecule has 0 atom stereocenters. The Hall–Kier alpha value is -3.83. The van der Waals surface area contributed by atoms with Crippen LogP contribution in [-0.2, 0) is 20.5 Å². The van der Waals surface area contributed by atoms with Crippen molar-refractivity contribution < 1.29 is 37.1 Å². The molecule has 3 rings (SSSR count). The summed E-state index contributed by atoms with van der Waals surface area (Å²) in [5, 5.41) is 2.40. The number of aromatic nitrogens is 1. The van der Waals surface area contributed by atoms with Crippen molar-refractivity contribution in [2.45, 2.75) is 26.9 Å². The zero-order valence-electron chi connectivity index (χ0n) is 20.1. The van der Waals surface area contributed by atoms with Crippen molar-refractivity contribution >= 4 is 29.3 Å². The number of nitrogens with one attached hydrogen (secondary N) is 2. The van der Waals surface area contributed by atoms with Gasteiger partial charge >= 0.3 is 12.1 Å². The molecule has 2 heterocycles. The Morgan fingerprint density at radius 1 is 1.08 bits per heavy atom. The first-order chi connectivity index (χ1) is 16.9. The number of anilines is 1. The van der Waals surface area contributed by atoms with Gasteiger partial charge in [-0.1, -0.05) is 6.07 Å². The van der Waals surface area contributed by atoms with Crippen LogP contribution in [0.5, 0.6) is 0 Å². The lowest BCUT2D eigenvalue weighted by atomic mass is 10.0. The minimum absolute atomic E-state index is 0.0577. The third kappa shape index (κ3) is 5.86. The summed E-state index contributed by atoms with van der Waals surface area (Å²) in [4.78, 5) is 55.8. The summed E-state index contributed by atoms with van der Waals surface area (Å²) in [6, 6.07) is 4.95. The van der Waals surface area contributed by atoms with Gasteiger partial charge < -0.3 is 24.8 Å². The van der Waals surface area contributed by atoms with Crippen LogP contribution >= 0.6 is 0 Å². The first-order valence-corrected chi connectivity index (χ1v) is 11.3. The molecule has 1 aliphatic heterocycles. The zero-order valence-corrected chi connectivity index (χ0v) is 20.1. The van der Waals surface area contributed by atoms with E-state index in [1.807, 2.05) is 0 Å². The van der Waals surface area contributed by atoms with Gasteiger partial charge in [-0.25, -0.2) is 0 Å². The average Bonchev–Trinajstić information content (AvgIpc) is 3.15. The predicted octanol–water partition coefficient (Wildman–Crippen LogP) is 2.47. The molecule has 2 aromatic rings. The number of hydrogen-bond acceptors (Lipinski definition) is 6. The molecule has 2 N–H and O–H groups in total. The number of H-pyrrole nitrogens is 1. The van der Waals surface area contributed by atoms with E-state index in [1.165, 1.54) is 17.9 Å². The highest BCUT2D eigenvalue weighted by Crippen LogP contribution is 2.32. The Bertz CT molecular complexity index is 1170. The van der Waals surface area contributed by atoms with Crippen LogP contribution in [0.25, 0.3) is 0 Å². The Morgan fingerprint density at radius 3 is 2.36 bits per heavy atom. The van der Waals surface area contributed by atoms with Gasteiger partial charge in [0.2, 0.25) is 0 Å². The second-order valence-corrected chi connectivity index (χ2v) is 8.27. The summed E-state index contributed by atoms with van der Waals surface area (Å²) >= 11 is 0. The summed E-state index contributed by atoms with van der Waals surface area (Å²) in [5.41, 5.74) is 0.363. The van der Waals surface area contributed by atoms with Crippen LogP contribution in [0.15, 0.2) is 24.3 Å². The lowest BCUT2D eigenvalue weighted by molar-refractivity contribution is -0.142. The van der Waals surface area contributed by atoms with Crippen LogP contribution in [0.2, 0.25) is 0 Å². The van der Waals surface area contributed by atoms with Crippen LogP contribution in [0.4, 0.5) is 18.9 Å². The second-order valence-electron chi connectivity index (χ2n) is 8.27. The summed E-state index contributed by atoms with van der Waals surface area (Å²) < 4.78 is 43.8. The molecule has 0 spiro atoms. The van der Waals surface area contributed by atoms with Crippen molar-refractivity contribution in [3.05, 3.63) is 52.3 Å². The van der Waals surface area contributed by atoms with E-state index in [4.69, 9.17) is 4.74 Å². The maximum Gasteiger partial charge on any atom is 0.416 e. The van der Waals surface area contributed by atoms with E-state index in [2.05, 4.69) is 10.3 Å². The quantitative estimate of drug-likeness (QED) is 0.338. The molecule has 0 aliphatic carbocycles. The van der Waals surface area contributed by atoms with Crippen LogP contribution in [-0.4, -0.2) is 72.8 Å². The highest BCUT2D eigenvalue weighted by molar-refractivity contribution is 6.43. The van der Waals surface area contributed by atoms with E-state index >= 15 is 0 Å². The molecule has 12 heteroatoms. The molecule has 194 valence electrons. The monoisotopic (exact) mass is 508 g/mol. The molecule has 1 fully saturated rings. The number of aromatic amines is 1. The molecule has 0 saturated carbocycles. The van der Waals surface area contributed by atoms with E-state index in [1.54, 1.807) is 24.8 Å². The smallest absolute Gasteiger partial charge is 0.416 e. The third-order valence-electron chi connectivity index (χ3n) is 5.89. The standard InChI is InChI=1S/C24H27F3N4O5/c1-4-36-18(32)13-28-22(34)20-14(2)19(15(3)29-20)21(33)23(35)31-10-8-30(9-11-31)17-7-5-6-16(12-17)24(25,26)27/h5-7,12,29H,4,8-11,13H2,1-3H3,(H,28,34). The van der Waals surface area contributed by atoms with Gasteiger partial charge in [0.1, 0.15) is 12.2 Å². The van der Waals surface area contributed by atoms with E-state index in [0.717, 1.165) is 12.1 Å². The minimum Gasteiger partial charge on any atom is -0.465 e. The summed E-state index contributed by atoms with van der Waals surface area (Å²) in [7, 11) is 0. The number of halogens is 3. The molecule has 1 aromatic heterocycles. The number of ether oxygens (including phenoxy) is 1. The molecule has 36 heavy (non-hydrogen) atoms. The summed E-state index contributed by atoms with van der Waals surface area (Å²) in [5.74, 6) is -2.78. The number of carbonyl (C=O) groups is 4. The highest BCUT2D eigenvalue weighted by atomic mass is 19.4. The van der Waals surface area contributed by atoms with Gasteiger partial charge in [0.05, 0.1) is 17.7 Å². The molecule has 1 aromatic carbocycles. The van der Waals surface area contributed by atoms with Crippen molar-refractivity contribution in [2.75, 3.05) is 44.2 Å². The van der Waals surface area contributed by atoms with E-state index < -0.39 is 35.3 Å². The maximum absolute atomic E-state index is 13.0. The number of esters is 1. The number of rotatable bonds is 7. The van der Waals surface area contributed by atoms with Crippen LogP contribution in [0, 0.1) is 13.8 Å². The van der Waals surface area contributed by atoms with E-state index in [-0.39, 0.29) is 56.2 Å². The normalized spacial score (nSPS) is 13.9. The van der Waals surface area contributed by atoms with Crippen molar-refractivity contribution in [1.82, 2.24) is 15.2 Å². The fourth-order valence-corrected chi connectivity index (χ4v) is 4.07. The lowest BCUT2D eigenvalue weighted by Crippen LogP contribution is -2.50. The topological polar surface area (TPSA) is 112 Å². The zero-order chi connectivity index (χ0) is 26.6. The third-order valence-corrected chi connectivity index (χ3v) is 5.89. The van der Waals surface area contributed by atoms with E-state index in [9.17, 15) is 32.3 Å². The van der Waals surface area contributed by atoms with Gasteiger partial charge in [-0.3, -0.25) is 19.2 Å². The number of piperazine rings is 1. The number of carbonyl (C=O) groups excluding carboxylic acids is 4. The van der Waals surface area contributed by atoms with Crippen molar-refractivity contribution in [2.24, 2.45) is 0 Å². The number of ketones is 1. The molecule has 0 unspecified atom stereocenters. The fraction of sp³-hybridized carbons (Fsp3) is 0.417. The van der Waals surface area contributed by atoms with Crippen molar-refractivity contribution in [3.8, 4) is 0 Å². The number of aryl methyl sites for hydroxylation is 1. The molecule has 0 radical (unpaired) electrons. The SMILES string of the molecule is CCOC(=O)CNC(=O)c1[nH]c(C)c(C(=O)C(=O)N2CCN(c3cccc(C(F)(F)F)c3)CC2)c1C. The molecular formula is C24H27F3N4O5. The van der Waals surface area contributed by atoms with Gasteiger partial charge in [-0.15, -0.1) is 0 Å². The number of alkyl halides is 3. The van der Waals surface area contributed by atoms with Crippen LogP contribution < -0.4 is 10.2 Å². The van der Waals surface area contributed by atoms with Crippen molar-refractivity contribution in [3.63, 3.8) is 0 Å². The first kappa shape index (κ1) is 26.8. The Kier molecular flexibility index (Phi) is 8.06. The summed E-state index contributed by atoms with van der Waals surface area (Å²) in [6.07, 6.45) is -4.46. The second kappa shape index (κ2) is 10.8. The molecule has 1 saturated heterocycles. The summed E-state index contributed by atoms with van der Waals surface area (Å²) in [6.45, 7) is 5.35. The average molecular weight is 508 g/mol.